The first-order valence-corrected chi connectivity index (χ1v) is 6.96. The Morgan fingerprint density at radius 2 is 2.14 bits per heavy atom. The van der Waals surface area contributed by atoms with Gasteiger partial charge in [0.05, 0.1) is 0 Å². The second-order valence-corrected chi connectivity index (χ2v) is 5.33. The van der Waals surface area contributed by atoms with Crippen molar-refractivity contribution in [1.29, 1.82) is 0 Å². The summed E-state index contributed by atoms with van der Waals surface area (Å²) in [5.74, 6) is 0.00161. The maximum Gasteiger partial charge on any atom is 0.314 e. The third-order valence-corrected chi connectivity index (χ3v) is 2.86. The minimum absolute atomic E-state index is 0.0569. The van der Waals surface area contributed by atoms with E-state index in [1.807, 2.05) is 13.8 Å². The lowest BCUT2D eigenvalue weighted by Gasteiger charge is -2.17. The lowest BCUT2D eigenvalue weighted by molar-refractivity contribution is -0.138. The van der Waals surface area contributed by atoms with Crippen LogP contribution < -0.4 is 10.6 Å². The number of nitrogens with one attached hydrogen (secondary N) is 2. The van der Waals surface area contributed by atoms with Gasteiger partial charge in [-0.05, 0) is 18.3 Å². The van der Waals surface area contributed by atoms with E-state index in [0.717, 1.165) is 6.42 Å². The first kappa shape index (κ1) is 16.9. The van der Waals surface area contributed by atoms with Crippen LogP contribution >= 0.6 is 0 Å². The Bertz CT molecular complexity index is 433. The molecule has 0 aliphatic heterocycles. The number of hydrogen-bond acceptors (Lipinski definition) is 5. The Morgan fingerprint density at radius 1 is 1.38 bits per heavy atom. The molecule has 0 spiro atoms. The van der Waals surface area contributed by atoms with Crippen molar-refractivity contribution in [2.24, 2.45) is 11.8 Å². The number of aromatic nitrogens is 2. The van der Waals surface area contributed by atoms with Gasteiger partial charge in [0, 0.05) is 25.9 Å². The maximum atomic E-state index is 11.6. The number of carbonyl (C=O) groups excluding carboxylic acids is 1. The van der Waals surface area contributed by atoms with Crippen LogP contribution in [0.1, 0.15) is 32.5 Å². The van der Waals surface area contributed by atoms with Gasteiger partial charge in [0.2, 0.25) is 6.39 Å². The van der Waals surface area contributed by atoms with Crippen LogP contribution in [0.15, 0.2) is 10.9 Å². The number of nitrogens with zero attached hydrogens (tertiary/aromatic N) is 2. The van der Waals surface area contributed by atoms with Crippen LogP contribution in [0.2, 0.25) is 0 Å². The van der Waals surface area contributed by atoms with Gasteiger partial charge in [-0.25, -0.2) is 4.79 Å². The zero-order valence-electron chi connectivity index (χ0n) is 12.3. The molecule has 0 aliphatic carbocycles. The van der Waals surface area contributed by atoms with Gasteiger partial charge in [-0.15, -0.1) is 0 Å². The van der Waals surface area contributed by atoms with Crippen LogP contribution in [-0.4, -0.2) is 40.3 Å². The predicted octanol–water partition coefficient (Wildman–Crippen LogP) is 1.05. The molecule has 1 aromatic rings. The van der Waals surface area contributed by atoms with Gasteiger partial charge >= 0.3 is 12.0 Å². The van der Waals surface area contributed by atoms with Crippen LogP contribution in [0, 0.1) is 11.8 Å². The van der Waals surface area contributed by atoms with E-state index in [9.17, 15) is 9.59 Å². The number of hydrogen-bond donors (Lipinski definition) is 3. The van der Waals surface area contributed by atoms with E-state index in [-0.39, 0.29) is 18.4 Å². The zero-order valence-corrected chi connectivity index (χ0v) is 12.3. The normalized spacial score (nSPS) is 12.1. The molecule has 1 rings (SSSR count). The molecular weight excluding hydrogens is 276 g/mol. The molecule has 2 amide bonds. The highest BCUT2D eigenvalue weighted by Crippen LogP contribution is 2.14. The number of rotatable bonds is 9. The van der Waals surface area contributed by atoms with Crippen molar-refractivity contribution < 1.29 is 19.2 Å². The topological polar surface area (TPSA) is 117 Å². The molecule has 118 valence electrons. The first-order chi connectivity index (χ1) is 9.97. The third kappa shape index (κ3) is 7.91. The summed E-state index contributed by atoms with van der Waals surface area (Å²) in [6, 6.07) is -0.322. The number of carboxylic acid groups (broad SMARTS) is 1. The van der Waals surface area contributed by atoms with Crippen molar-refractivity contribution in [3.05, 3.63) is 12.2 Å². The average molecular weight is 298 g/mol. The molecule has 1 unspecified atom stereocenters. The Balaban J connectivity index is 2.23. The van der Waals surface area contributed by atoms with Crippen LogP contribution in [0.25, 0.3) is 0 Å². The summed E-state index contributed by atoms with van der Waals surface area (Å²) in [5, 5.41) is 17.8. The molecule has 1 atom stereocenters. The molecule has 8 heteroatoms. The summed E-state index contributed by atoms with van der Waals surface area (Å²) in [4.78, 5) is 26.2. The molecular formula is C13H22N4O4. The summed E-state index contributed by atoms with van der Waals surface area (Å²) >= 11 is 0. The predicted molar refractivity (Wildman–Crippen MR) is 74.6 cm³/mol. The Labute approximate surface area is 123 Å². The minimum Gasteiger partial charge on any atom is -0.481 e. The van der Waals surface area contributed by atoms with E-state index in [1.165, 1.54) is 6.39 Å². The molecule has 0 fully saturated rings. The van der Waals surface area contributed by atoms with Gasteiger partial charge in [-0.1, -0.05) is 19.0 Å². The van der Waals surface area contributed by atoms with E-state index in [1.54, 1.807) is 0 Å². The standard InChI is InChI=1S/C13H22N4O4/c1-9(2)5-10(6-12(18)19)7-15-13(20)14-4-3-11-16-8-21-17-11/h8-10H,3-7H2,1-2H3,(H,18,19)(H2,14,15,20). The highest BCUT2D eigenvalue weighted by atomic mass is 16.5. The number of aliphatic carboxylic acids is 1. The highest BCUT2D eigenvalue weighted by molar-refractivity contribution is 5.74. The maximum absolute atomic E-state index is 11.6. The summed E-state index contributed by atoms with van der Waals surface area (Å²) in [7, 11) is 0. The van der Waals surface area contributed by atoms with Crippen molar-refractivity contribution in [2.45, 2.75) is 33.1 Å². The van der Waals surface area contributed by atoms with Crippen LogP contribution in [0.5, 0.6) is 0 Å². The fraction of sp³-hybridized carbons (Fsp3) is 0.692. The monoisotopic (exact) mass is 298 g/mol. The lowest BCUT2D eigenvalue weighted by atomic mass is 9.94. The fourth-order valence-electron chi connectivity index (χ4n) is 2.04. The number of amides is 2. The van der Waals surface area contributed by atoms with E-state index in [4.69, 9.17) is 5.11 Å². The quantitative estimate of drug-likeness (QED) is 0.627. The van der Waals surface area contributed by atoms with Gasteiger partial charge < -0.3 is 20.3 Å². The van der Waals surface area contributed by atoms with Crippen LogP contribution in [0.4, 0.5) is 4.79 Å². The van der Waals surface area contributed by atoms with Crippen LogP contribution in [0.3, 0.4) is 0 Å². The summed E-state index contributed by atoms with van der Waals surface area (Å²) in [6.45, 7) is 4.79. The molecule has 0 aromatic carbocycles. The molecule has 1 heterocycles. The second kappa shape index (κ2) is 8.93. The third-order valence-electron chi connectivity index (χ3n) is 2.86. The van der Waals surface area contributed by atoms with E-state index in [0.29, 0.717) is 31.3 Å². The number of urea groups is 1. The lowest BCUT2D eigenvalue weighted by Crippen LogP contribution is -2.39. The van der Waals surface area contributed by atoms with Crippen molar-refractivity contribution in [1.82, 2.24) is 20.8 Å². The fourth-order valence-corrected chi connectivity index (χ4v) is 2.04. The molecule has 0 saturated carbocycles. The average Bonchev–Trinajstić information content (AvgIpc) is 2.88. The second-order valence-electron chi connectivity index (χ2n) is 5.33. The molecule has 0 aliphatic rings. The summed E-state index contributed by atoms with van der Waals surface area (Å²) < 4.78 is 4.58. The SMILES string of the molecule is CC(C)CC(CNC(=O)NCCc1ncon1)CC(=O)O. The molecule has 0 saturated heterocycles. The molecule has 8 nitrogen and oxygen atoms in total. The van der Waals surface area contributed by atoms with E-state index >= 15 is 0 Å². The van der Waals surface area contributed by atoms with Gasteiger partial charge in [0.25, 0.3) is 0 Å². The van der Waals surface area contributed by atoms with Crippen LogP contribution in [-0.2, 0) is 11.2 Å². The Morgan fingerprint density at radius 3 is 2.71 bits per heavy atom. The molecule has 0 bridgehead atoms. The number of carboxylic acids is 1. The van der Waals surface area contributed by atoms with Gasteiger partial charge in [-0.2, -0.15) is 4.98 Å². The highest BCUT2D eigenvalue weighted by Gasteiger charge is 2.16. The largest absolute Gasteiger partial charge is 0.481 e. The van der Waals surface area contributed by atoms with Gasteiger partial charge in [0.1, 0.15) is 0 Å². The Hall–Kier alpha value is -2.12. The zero-order chi connectivity index (χ0) is 15.7. The summed E-state index contributed by atoms with van der Waals surface area (Å²) in [5.41, 5.74) is 0. The molecule has 1 aromatic heterocycles. The van der Waals surface area contributed by atoms with Gasteiger partial charge in [-0.3, -0.25) is 4.79 Å². The molecule has 21 heavy (non-hydrogen) atoms. The van der Waals surface area contributed by atoms with Gasteiger partial charge in [0.15, 0.2) is 5.82 Å². The van der Waals surface area contributed by atoms with E-state index in [2.05, 4.69) is 25.3 Å². The van der Waals surface area contributed by atoms with Crippen molar-refractivity contribution in [3.8, 4) is 0 Å². The molecule has 0 radical (unpaired) electrons. The van der Waals surface area contributed by atoms with Crippen molar-refractivity contribution in [3.63, 3.8) is 0 Å². The smallest absolute Gasteiger partial charge is 0.314 e. The molecule has 3 N–H and O–H groups in total. The summed E-state index contributed by atoms with van der Waals surface area (Å²) in [6.07, 6.45) is 2.53. The minimum atomic E-state index is -0.847. The van der Waals surface area contributed by atoms with Crippen molar-refractivity contribution in [2.75, 3.05) is 13.1 Å². The first-order valence-electron chi connectivity index (χ1n) is 6.96. The Kier molecular flexibility index (Phi) is 7.20. The van der Waals surface area contributed by atoms with Crippen molar-refractivity contribution >= 4 is 12.0 Å². The number of carbonyl (C=O) groups is 2. The van der Waals surface area contributed by atoms with E-state index < -0.39 is 5.97 Å².